The number of para-hydroxylation sites is 1. The van der Waals surface area contributed by atoms with Crippen LogP contribution in [0.4, 0.5) is 10.1 Å². The number of rotatable bonds is 6. The highest BCUT2D eigenvalue weighted by Gasteiger charge is 2.18. The van der Waals surface area contributed by atoms with E-state index in [0.717, 1.165) is 11.3 Å². The van der Waals surface area contributed by atoms with E-state index in [0.29, 0.717) is 16.7 Å². The van der Waals surface area contributed by atoms with E-state index in [1.165, 1.54) is 23.9 Å². The Kier molecular flexibility index (Phi) is 5.80. The van der Waals surface area contributed by atoms with Gasteiger partial charge in [-0.2, -0.15) is 0 Å². The molecule has 30 heavy (non-hydrogen) atoms. The number of thioether (sulfide) groups is 1. The molecule has 0 fully saturated rings. The molecule has 2 aromatic heterocycles. The van der Waals surface area contributed by atoms with Gasteiger partial charge in [-0.15, -0.1) is 10.2 Å². The molecular weight excluding hydrogens is 403 g/mol. The number of carbonyl (C=O) groups is 1. The summed E-state index contributed by atoms with van der Waals surface area (Å²) in [6, 6.07) is 13.9. The van der Waals surface area contributed by atoms with Crippen LogP contribution in [0.2, 0.25) is 0 Å². The second kappa shape index (κ2) is 8.83. The second-order valence-electron chi connectivity index (χ2n) is 6.38. The molecule has 2 aromatic carbocycles. The smallest absolute Gasteiger partial charge is 0.234 e. The van der Waals surface area contributed by atoms with Crippen LogP contribution in [0.25, 0.3) is 17.2 Å². The molecule has 0 bridgehead atoms. The Morgan fingerprint density at radius 1 is 1.10 bits per heavy atom. The molecule has 0 aliphatic heterocycles. The fourth-order valence-corrected chi connectivity index (χ4v) is 3.50. The molecule has 0 radical (unpaired) electrons. The van der Waals surface area contributed by atoms with Gasteiger partial charge >= 0.3 is 0 Å². The van der Waals surface area contributed by atoms with Gasteiger partial charge in [0.25, 0.3) is 0 Å². The van der Waals surface area contributed by atoms with E-state index in [4.69, 9.17) is 0 Å². The lowest BCUT2D eigenvalue weighted by atomic mass is 10.2. The van der Waals surface area contributed by atoms with E-state index in [2.05, 4.69) is 25.5 Å². The Hall–Kier alpha value is -3.59. The van der Waals surface area contributed by atoms with Crippen molar-refractivity contribution in [3.05, 3.63) is 78.5 Å². The lowest BCUT2D eigenvalue weighted by Gasteiger charge is -2.10. The molecule has 1 amide bonds. The van der Waals surface area contributed by atoms with Crippen molar-refractivity contribution in [2.75, 3.05) is 11.1 Å². The molecule has 1 N–H and O–H groups in total. The Balaban J connectivity index is 1.60. The third-order valence-electron chi connectivity index (χ3n) is 4.20. The van der Waals surface area contributed by atoms with Gasteiger partial charge in [0.15, 0.2) is 11.0 Å². The van der Waals surface area contributed by atoms with E-state index in [1.807, 2.05) is 35.8 Å². The maximum atomic E-state index is 13.8. The predicted octanol–water partition coefficient (Wildman–Crippen LogP) is 3.90. The summed E-state index contributed by atoms with van der Waals surface area (Å²) in [6.45, 7) is 2.00. The van der Waals surface area contributed by atoms with Gasteiger partial charge in [0.2, 0.25) is 5.91 Å². The highest BCUT2D eigenvalue weighted by atomic mass is 32.2. The van der Waals surface area contributed by atoms with Gasteiger partial charge in [-0.1, -0.05) is 41.6 Å². The second-order valence-corrected chi connectivity index (χ2v) is 7.33. The van der Waals surface area contributed by atoms with E-state index >= 15 is 0 Å². The van der Waals surface area contributed by atoms with Crippen LogP contribution < -0.4 is 5.32 Å². The molecule has 0 aliphatic rings. The van der Waals surface area contributed by atoms with Crippen LogP contribution in [-0.2, 0) is 4.79 Å². The fraction of sp³-hybridized carbons (Fsp3) is 0.0952. The van der Waals surface area contributed by atoms with Gasteiger partial charge in [0.05, 0.1) is 17.6 Å². The minimum Gasteiger partial charge on any atom is -0.323 e. The first-order valence-corrected chi connectivity index (χ1v) is 10.1. The average Bonchev–Trinajstić information content (AvgIpc) is 3.19. The molecule has 0 atom stereocenters. The maximum absolute atomic E-state index is 13.8. The number of amides is 1. The Bertz CT molecular complexity index is 1160. The minimum atomic E-state index is -0.483. The molecule has 150 valence electrons. The molecule has 4 rings (SSSR count). The van der Waals surface area contributed by atoms with E-state index < -0.39 is 5.82 Å². The van der Waals surface area contributed by atoms with E-state index in [9.17, 15) is 9.18 Å². The van der Waals surface area contributed by atoms with E-state index in [1.54, 1.807) is 30.7 Å². The molecule has 4 aromatic rings. The first-order chi connectivity index (χ1) is 14.6. The highest BCUT2D eigenvalue weighted by molar-refractivity contribution is 7.99. The Morgan fingerprint density at radius 2 is 1.90 bits per heavy atom. The quantitative estimate of drug-likeness (QED) is 0.476. The summed E-state index contributed by atoms with van der Waals surface area (Å²) < 4.78 is 15.6. The van der Waals surface area contributed by atoms with Crippen LogP contribution in [-0.4, -0.2) is 36.4 Å². The minimum absolute atomic E-state index is 0.0405. The van der Waals surface area contributed by atoms with Crippen LogP contribution in [0.3, 0.4) is 0 Å². The van der Waals surface area contributed by atoms with Gasteiger partial charge in [-0.3, -0.25) is 14.3 Å². The number of aromatic nitrogens is 5. The summed E-state index contributed by atoms with van der Waals surface area (Å²) in [4.78, 5) is 20.7. The Morgan fingerprint density at radius 3 is 2.63 bits per heavy atom. The summed E-state index contributed by atoms with van der Waals surface area (Å²) in [6.07, 6.45) is 4.77. The van der Waals surface area contributed by atoms with Gasteiger partial charge < -0.3 is 5.32 Å². The average molecular weight is 420 g/mol. The third kappa shape index (κ3) is 4.36. The zero-order valence-electron chi connectivity index (χ0n) is 16.0. The number of halogens is 1. The van der Waals surface area contributed by atoms with Crippen molar-refractivity contribution >= 4 is 23.4 Å². The number of anilines is 1. The van der Waals surface area contributed by atoms with Crippen molar-refractivity contribution in [2.45, 2.75) is 12.1 Å². The SMILES string of the molecule is Cc1ccc(-n2c(SCC(=O)Nc3ccccc3F)nnc2-c2cnccn2)cc1. The van der Waals surface area contributed by atoms with Crippen LogP contribution in [0.15, 0.2) is 72.3 Å². The molecule has 0 saturated heterocycles. The molecule has 7 nitrogen and oxygen atoms in total. The number of nitrogens with zero attached hydrogens (tertiary/aromatic N) is 5. The third-order valence-corrected chi connectivity index (χ3v) is 5.13. The van der Waals surface area contributed by atoms with Crippen LogP contribution in [0.1, 0.15) is 5.56 Å². The van der Waals surface area contributed by atoms with Crippen LogP contribution in [0.5, 0.6) is 0 Å². The number of hydrogen-bond acceptors (Lipinski definition) is 6. The molecular formula is C21H17FN6OS. The summed E-state index contributed by atoms with van der Waals surface area (Å²) in [5.74, 6) is -0.268. The van der Waals surface area contributed by atoms with E-state index in [-0.39, 0.29) is 17.3 Å². The number of nitrogens with one attached hydrogen (secondary N) is 1. The van der Waals surface area contributed by atoms with Gasteiger partial charge in [-0.05, 0) is 31.2 Å². The number of aryl methyl sites for hydroxylation is 1. The molecule has 0 spiro atoms. The fourth-order valence-electron chi connectivity index (χ4n) is 2.75. The predicted molar refractivity (Wildman–Crippen MR) is 113 cm³/mol. The first-order valence-electron chi connectivity index (χ1n) is 9.08. The van der Waals surface area contributed by atoms with Gasteiger partial charge in [0.1, 0.15) is 11.5 Å². The van der Waals surface area contributed by atoms with Gasteiger partial charge in [-0.25, -0.2) is 9.37 Å². The molecule has 0 saturated carbocycles. The topological polar surface area (TPSA) is 85.6 Å². The monoisotopic (exact) mass is 420 g/mol. The molecule has 2 heterocycles. The van der Waals surface area contributed by atoms with Crippen molar-refractivity contribution < 1.29 is 9.18 Å². The van der Waals surface area contributed by atoms with Crippen LogP contribution in [0, 0.1) is 12.7 Å². The lowest BCUT2D eigenvalue weighted by Crippen LogP contribution is -2.15. The summed E-state index contributed by atoms with van der Waals surface area (Å²) in [7, 11) is 0. The number of carbonyl (C=O) groups excluding carboxylic acids is 1. The van der Waals surface area contributed by atoms with Crippen molar-refractivity contribution in [1.82, 2.24) is 24.7 Å². The summed E-state index contributed by atoms with van der Waals surface area (Å²) in [5, 5.41) is 11.6. The normalized spacial score (nSPS) is 10.7. The summed E-state index contributed by atoms with van der Waals surface area (Å²) in [5.41, 5.74) is 2.66. The number of hydrogen-bond donors (Lipinski definition) is 1. The van der Waals surface area contributed by atoms with Gasteiger partial charge in [0, 0.05) is 18.1 Å². The largest absolute Gasteiger partial charge is 0.323 e. The standard InChI is InChI=1S/C21H17FN6OS/c1-14-6-8-15(9-7-14)28-20(18-12-23-10-11-24-18)26-27-21(28)30-13-19(29)25-17-5-3-2-4-16(17)22/h2-12H,13H2,1H3,(H,25,29). The van der Waals surface area contributed by atoms with Crippen molar-refractivity contribution in [3.63, 3.8) is 0 Å². The van der Waals surface area contributed by atoms with Crippen molar-refractivity contribution in [3.8, 4) is 17.2 Å². The molecule has 9 heteroatoms. The zero-order valence-corrected chi connectivity index (χ0v) is 16.8. The Labute approximate surface area is 176 Å². The van der Waals surface area contributed by atoms with Crippen LogP contribution >= 0.6 is 11.8 Å². The van der Waals surface area contributed by atoms with Crippen molar-refractivity contribution in [2.24, 2.45) is 0 Å². The molecule has 0 unspecified atom stereocenters. The van der Waals surface area contributed by atoms with Crippen molar-refractivity contribution in [1.29, 1.82) is 0 Å². The lowest BCUT2D eigenvalue weighted by molar-refractivity contribution is -0.113. The highest BCUT2D eigenvalue weighted by Crippen LogP contribution is 2.27. The summed E-state index contributed by atoms with van der Waals surface area (Å²) >= 11 is 1.20. The zero-order chi connectivity index (χ0) is 20.9. The first kappa shape index (κ1) is 19.7. The molecule has 0 aliphatic carbocycles. The number of benzene rings is 2. The maximum Gasteiger partial charge on any atom is 0.234 e.